The van der Waals surface area contributed by atoms with Gasteiger partial charge in [-0.25, -0.2) is 9.97 Å². The largest absolute Gasteiger partial charge is 0.388 e. The van der Waals surface area contributed by atoms with Crippen LogP contribution in [0.3, 0.4) is 0 Å². The van der Waals surface area contributed by atoms with E-state index in [1.54, 1.807) is 0 Å². The van der Waals surface area contributed by atoms with Crippen LogP contribution in [0.5, 0.6) is 0 Å². The number of nitrogens with one attached hydrogen (secondary N) is 1. The van der Waals surface area contributed by atoms with Gasteiger partial charge in [-0.1, -0.05) is 6.92 Å². The molecule has 82 valence electrons. The first kappa shape index (κ1) is 10.6. The quantitative estimate of drug-likeness (QED) is 0.851. The van der Waals surface area contributed by atoms with Gasteiger partial charge >= 0.3 is 0 Å². The molecular weight excluding hydrogens is 198 g/mol. The zero-order chi connectivity index (χ0) is 11.4. The zero-order valence-electron chi connectivity index (χ0n) is 9.57. The number of nitrogens with zero attached hydrogens (tertiary/aromatic N) is 2. The Bertz CT molecular complexity index is 463. The summed E-state index contributed by atoms with van der Waals surface area (Å²) in [7, 11) is 1.91. The summed E-state index contributed by atoms with van der Waals surface area (Å²) in [6.45, 7) is 2.09. The van der Waals surface area contributed by atoms with Crippen molar-refractivity contribution < 1.29 is 0 Å². The van der Waals surface area contributed by atoms with Gasteiger partial charge in [0.15, 0.2) is 5.82 Å². The number of rotatable bonds is 3. The molecule has 0 bridgehead atoms. The third-order valence-electron chi connectivity index (χ3n) is 2.51. The van der Waals surface area contributed by atoms with Crippen LogP contribution in [-0.4, -0.2) is 17.0 Å². The summed E-state index contributed by atoms with van der Waals surface area (Å²) in [6.07, 6.45) is 2.75. The van der Waals surface area contributed by atoms with Crippen LogP contribution in [0.4, 0.5) is 5.69 Å². The van der Waals surface area contributed by atoms with Crippen molar-refractivity contribution in [3.05, 3.63) is 42.2 Å². The van der Waals surface area contributed by atoms with Crippen LogP contribution >= 0.6 is 0 Å². The zero-order valence-corrected chi connectivity index (χ0v) is 9.57. The fraction of sp³-hybridized carbons (Fsp3) is 0.231. The van der Waals surface area contributed by atoms with E-state index >= 15 is 0 Å². The van der Waals surface area contributed by atoms with Crippen molar-refractivity contribution in [1.29, 1.82) is 0 Å². The van der Waals surface area contributed by atoms with Crippen molar-refractivity contribution in [2.45, 2.75) is 13.3 Å². The molecule has 3 nitrogen and oxygen atoms in total. The highest BCUT2D eigenvalue weighted by Crippen LogP contribution is 2.17. The van der Waals surface area contributed by atoms with E-state index in [2.05, 4.69) is 22.2 Å². The van der Waals surface area contributed by atoms with Gasteiger partial charge in [-0.05, 0) is 36.8 Å². The van der Waals surface area contributed by atoms with Crippen LogP contribution in [0.25, 0.3) is 11.4 Å². The molecule has 0 spiro atoms. The third kappa shape index (κ3) is 2.19. The van der Waals surface area contributed by atoms with E-state index in [9.17, 15) is 0 Å². The Hall–Kier alpha value is -1.90. The highest BCUT2D eigenvalue weighted by Gasteiger charge is 2.01. The van der Waals surface area contributed by atoms with Crippen molar-refractivity contribution in [1.82, 2.24) is 9.97 Å². The van der Waals surface area contributed by atoms with Crippen molar-refractivity contribution in [2.24, 2.45) is 0 Å². The molecule has 0 amide bonds. The Balaban J connectivity index is 2.34. The fourth-order valence-corrected chi connectivity index (χ4v) is 1.52. The molecule has 0 radical (unpaired) electrons. The molecule has 0 aliphatic carbocycles. The molecule has 2 rings (SSSR count). The monoisotopic (exact) mass is 213 g/mol. The lowest BCUT2D eigenvalue weighted by molar-refractivity contribution is 1.01. The summed E-state index contributed by atoms with van der Waals surface area (Å²) in [6, 6.07) is 10.1. The molecule has 3 heteroatoms. The fourth-order valence-electron chi connectivity index (χ4n) is 1.52. The van der Waals surface area contributed by atoms with E-state index in [4.69, 9.17) is 0 Å². The maximum Gasteiger partial charge on any atom is 0.159 e. The molecule has 0 atom stereocenters. The van der Waals surface area contributed by atoms with Gasteiger partial charge in [-0.15, -0.1) is 0 Å². The highest BCUT2D eigenvalue weighted by atomic mass is 14.9. The average molecular weight is 213 g/mol. The highest BCUT2D eigenvalue weighted by molar-refractivity contribution is 5.59. The van der Waals surface area contributed by atoms with Gasteiger partial charge in [0.2, 0.25) is 0 Å². The van der Waals surface area contributed by atoms with Crippen LogP contribution in [-0.2, 0) is 6.42 Å². The first-order valence-corrected chi connectivity index (χ1v) is 5.43. The minimum absolute atomic E-state index is 0.794. The van der Waals surface area contributed by atoms with E-state index in [0.717, 1.165) is 29.2 Å². The summed E-state index contributed by atoms with van der Waals surface area (Å²) < 4.78 is 0. The normalized spacial score (nSPS) is 10.1. The van der Waals surface area contributed by atoms with Crippen LogP contribution in [0.15, 0.2) is 36.5 Å². The van der Waals surface area contributed by atoms with Crippen molar-refractivity contribution >= 4 is 5.69 Å². The topological polar surface area (TPSA) is 37.8 Å². The lowest BCUT2D eigenvalue weighted by atomic mass is 10.2. The lowest BCUT2D eigenvalue weighted by Gasteiger charge is -2.03. The average Bonchev–Trinajstić information content (AvgIpc) is 2.39. The van der Waals surface area contributed by atoms with E-state index in [1.807, 2.05) is 43.6 Å². The number of aryl methyl sites for hydroxylation is 1. The molecule has 0 aliphatic rings. The Morgan fingerprint density at radius 1 is 1.12 bits per heavy atom. The molecule has 16 heavy (non-hydrogen) atoms. The second kappa shape index (κ2) is 4.75. The van der Waals surface area contributed by atoms with E-state index in [-0.39, 0.29) is 0 Å². The van der Waals surface area contributed by atoms with Gasteiger partial charge in [-0.3, -0.25) is 0 Å². The molecule has 1 heterocycles. The smallest absolute Gasteiger partial charge is 0.159 e. The minimum atomic E-state index is 0.794. The first-order valence-electron chi connectivity index (χ1n) is 5.43. The molecule has 0 saturated heterocycles. The summed E-state index contributed by atoms with van der Waals surface area (Å²) >= 11 is 0. The van der Waals surface area contributed by atoms with Crippen LogP contribution in [0.1, 0.15) is 12.6 Å². The maximum absolute atomic E-state index is 4.49. The van der Waals surface area contributed by atoms with E-state index in [1.165, 1.54) is 0 Å². The summed E-state index contributed by atoms with van der Waals surface area (Å²) in [5.74, 6) is 0.794. The van der Waals surface area contributed by atoms with Gasteiger partial charge in [0, 0.05) is 30.2 Å². The first-order chi connectivity index (χ1) is 7.83. The standard InChI is InChI=1S/C13H15N3/c1-3-11-8-9-15-13(16-11)10-4-6-12(14-2)7-5-10/h4-9,14H,3H2,1-2H3. The SMILES string of the molecule is CCc1ccnc(-c2ccc(NC)cc2)n1. The third-order valence-corrected chi connectivity index (χ3v) is 2.51. The molecule has 0 aliphatic heterocycles. The van der Waals surface area contributed by atoms with Gasteiger partial charge in [0.05, 0.1) is 0 Å². The van der Waals surface area contributed by atoms with Crippen molar-refractivity contribution in [3.8, 4) is 11.4 Å². The Kier molecular flexibility index (Phi) is 3.15. The number of benzene rings is 1. The van der Waals surface area contributed by atoms with Gasteiger partial charge in [-0.2, -0.15) is 0 Å². The molecular formula is C13H15N3. The number of hydrogen-bond donors (Lipinski definition) is 1. The molecule has 0 saturated carbocycles. The van der Waals surface area contributed by atoms with Crippen LogP contribution in [0, 0.1) is 0 Å². The number of hydrogen-bond acceptors (Lipinski definition) is 3. The lowest BCUT2D eigenvalue weighted by Crippen LogP contribution is -1.94. The van der Waals surface area contributed by atoms with E-state index < -0.39 is 0 Å². The number of anilines is 1. The Labute approximate surface area is 95.6 Å². The van der Waals surface area contributed by atoms with Crippen LogP contribution in [0.2, 0.25) is 0 Å². The van der Waals surface area contributed by atoms with Gasteiger partial charge < -0.3 is 5.32 Å². The molecule has 1 aromatic carbocycles. The molecule has 1 aromatic heterocycles. The second-order valence-electron chi connectivity index (χ2n) is 3.55. The van der Waals surface area contributed by atoms with Crippen LogP contribution < -0.4 is 5.32 Å². The molecule has 0 unspecified atom stereocenters. The summed E-state index contributed by atoms with van der Waals surface area (Å²) in [5, 5.41) is 3.09. The van der Waals surface area contributed by atoms with Gasteiger partial charge in [0.25, 0.3) is 0 Å². The van der Waals surface area contributed by atoms with E-state index in [0.29, 0.717) is 0 Å². The predicted molar refractivity (Wildman–Crippen MR) is 66.4 cm³/mol. The summed E-state index contributed by atoms with van der Waals surface area (Å²) in [5.41, 5.74) is 3.22. The summed E-state index contributed by atoms with van der Waals surface area (Å²) in [4.78, 5) is 8.77. The van der Waals surface area contributed by atoms with Crippen molar-refractivity contribution in [3.63, 3.8) is 0 Å². The molecule has 1 N–H and O–H groups in total. The minimum Gasteiger partial charge on any atom is -0.388 e. The second-order valence-corrected chi connectivity index (χ2v) is 3.55. The van der Waals surface area contributed by atoms with Crippen molar-refractivity contribution in [2.75, 3.05) is 12.4 Å². The predicted octanol–water partition coefficient (Wildman–Crippen LogP) is 2.75. The molecule has 0 fully saturated rings. The number of aromatic nitrogens is 2. The Morgan fingerprint density at radius 3 is 2.50 bits per heavy atom. The maximum atomic E-state index is 4.49. The molecule has 2 aromatic rings. The Morgan fingerprint density at radius 2 is 1.88 bits per heavy atom. The van der Waals surface area contributed by atoms with Gasteiger partial charge in [0.1, 0.15) is 0 Å².